The van der Waals surface area contributed by atoms with E-state index in [2.05, 4.69) is 21.3 Å². The van der Waals surface area contributed by atoms with E-state index in [1.165, 1.54) is 17.3 Å². The third-order valence-corrected chi connectivity index (χ3v) is 6.62. The van der Waals surface area contributed by atoms with Crippen molar-refractivity contribution in [2.45, 2.75) is 24.1 Å². The van der Waals surface area contributed by atoms with Gasteiger partial charge in [-0.1, -0.05) is 11.6 Å². The van der Waals surface area contributed by atoms with Crippen molar-refractivity contribution in [1.82, 2.24) is 9.55 Å². The fourth-order valence-electron chi connectivity index (χ4n) is 2.46. The number of thioether (sulfide) groups is 2. The predicted octanol–water partition coefficient (Wildman–Crippen LogP) is 4.84. The maximum Gasteiger partial charge on any atom is 0.127 e. The van der Waals surface area contributed by atoms with Gasteiger partial charge in [-0.25, -0.2) is 4.98 Å². The molecule has 0 amide bonds. The lowest BCUT2D eigenvalue weighted by atomic mass is 10.3. The Hall–Kier alpha value is -0.0300. The third-order valence-electron chi connectivity index (χ3n) is 3.37. The maximum absolute atomic E-state index is 6.31. The number of rotatable bonds is 3. The Labute approximate surface area is 137 Å². The molecule has 0 radical (unpaired) electrons. The van der Waals surface area contributed by atoms with E-state index in [-0.39, 0.29) is 5.38 Å². The van der Waals surface area contributed by atoms with E-state index in [0.717, 1.165) is 28.4 Å². The predicted molar refractivity (Wildman–Crippen MR) is 92.6 cm³/mol. The first kappa shape index (κ1) is 14.9. The lowest BCUT2D eigenvalue weighted by molar-refractivity contribution is 0.667. The summed E-state index contributed by atoms with van der Waals surface area (Å²) >= 11 is 16.5. The number of halogens is 2. The van der Waals surface area contributed by atoms with E-state index >= 15 is 0 Å². The fraction of sp³-hybridized carbons (Fsp3) is 0.500. The number of imidazole rings is 1. The molecule has 0 spiro atoms. The second kappa shape index (κ2) is 6.39. The van der Waals surface area contributed by atoms with Crippen LogP contribution in [0.3, 0.4) is 0 Å². The van der Waals surface area contributed by atoms with Crippen molar-refractivity contribution < 1.29 is 0 Å². The molecule has 1 aliphatic heterocycles. The molecule has 0 bridgehead atoms. The summed E-state index contributed by atoms with van der Waals surface area (Å²) < 4.78 is 2.27. The minimum absolute atomic E-state index is 0.0950. The Morgan fingerprint density at radius 3 is 3.00 bits per heavy atom. The van der Waals surface area contributed by atoms with E-state index < -0.39 is 0 Å². The molecule has 2 heterocycles. The summed E-state index contributed by atoms with van der Waals surface area (Å²) in [5.74, 6) is 4.65. The fourth-order valence-corrected chi connectivity index (χ4v) is 5.45. The minimum Gasteiger partial charge on any atom is -0.326 e. The van der Waals surface area contributed by atoms with Gasteiger partial charge in [0, 0.05) is 34.1 Å². The number of benzene rings is 1. The molecule has 0 N–H and O–H groups in total. The monoisotopic (exact) mass is 346 g/mol. The average Bonchev–Trinajstić information content (AvgIpc) is 2.78. The molecule has 2 nitrogen and oxygen atoms in total. The molecule has 2 atom stereocenters. The van der Waals surface area contributed by atoms with Gasteiger partial charge in [-0.2, -0.15) is 23.5 Å². The van der Waals surface area contributed by atoms with E-state index in [9.17, 15) is 0 Å². The van der Waals surface area contributed by atoms with Crippen molar-refractivity contribution in [3.63, 3.8) is 0 Å². The maximum atomic E-state index is 6.31. The van der Waals surface area contributed by atoms with Crippen LogP contribution in [0.15, 0.2) is 18.2 Å². The Bertz CT molecular complexity index is 606. The van der Waals surface area contributed by atoms with E-state index in [4.69, 9.17) is 23.2 Å². The first-order valence-electron chi connectivity index (χ1n) is 6.64. The average molecular weight is 347 g/mol. The highest BCUT2D eigenvalue weighted by Crippen LogP contribution is 2.30. The Morgan fingerprint density at radius 1 is 1.45 bits per heavy atom. The molecule has 1 aromatic carbocycles. The van der Waals surface area contributed by atoms with Crippen molar-refractivity contribution >= 4 is 57.8 Å². The molecular formula is C14H16Cl2N2S2. The van der Waals surface area contributed by atoms with Gasteiger partial charge in [-0.05, 0) is 25.1 Å². The lowest BCUT2D eigenvalue weighted by Crippen LogP contribution is -2.21. The molecule has 0 aliphatic carbocycles. The normalized spacial score (nSPS) is 21.2. The van der Waals surface area contributed by atoms with Crippen LogP contribution in [-0.2, 0) is 6.54 Å². The van der Waals surface area contributed by atoms with Crippen LogP contribution in [-0.4, -0.2) is 32.1 Å². The Kier molecular flexibility index (Phi) is 4.75. The van der Waals surface area contributed by atoms with Crippen LogP contribution >= 0.6 is 46.7 Å². The number of aromatic nitrogens is 2. The molecule has 6 heteroatoms. The molecule has 20 heavy (non-hydrogen) atoms. The number of alkyl halides is 1. The van der Waals surface area contributed by atoms with Crippen LogP contribution in [0.25, 0.3) is 11.0 Å². The third kappa shape index (κ3) is 3.08. The Morgan fingerprint density at radius 2 is 2.30 bits per heavy atom. The van der Waals surface area contributed by atoms with Crippen molar-refractivity contribution in [1.29, 1.82) is 0 Å². The van der Waals surface area contributed by atoms with Crippen LogP contribution in [0.4, 0.5) is 0 Å². The topological polar surface area (TPSA) is 17.8 Å². The quantitative estimate of drug-likeness (QED) is 0.740. The summed E-state index contributed by atoms with van der Waals surface area (Å²) in [7, 11) is 0. The van der Waals surface area contributed by atoms with Gasteiger partial charge in [0.2, 0.25) is 0 Å². The van der Waals surface area contributed by atoms with E-state index in [0.29, 0.717) is 5.25 Å². The van der Waals surface area contributed by atoms with Crippen LogP contribution in [0.2, 0.25) is 5.02 Å². The van der Waals surface area contributed by atoms with Gasteiger partial charge < -0.3 is 4.57 Å². The summed E-state index contributed by atoms with van der Waals surface area (Å²) in [5, 5.41) is 1.26. The summed E-state index contributed by atoms with van der Waals surface area (Å²) in [6.07, 6.45) is 0. The van der Waals surface area contributed by atoms with Crippen molar-refractivity contribution in [2.24, 2.45) is 0 Å². The van der Waals surface area contributed by atoms with Crippen molar-refractivity contribution in [3.05, 3.63) is 29.0 Å². The van der Waals surface area contributed by atoms with Gasteiger partial charge in [0.05, 0.1) is 16.4 Å². The zero-order valence-corrected chi connectivity index (χ0v) is 14.3. The van der Waals surface area contributed by atoms with Crippen molar-refractivity contribution in [3.8, 4) is 0 Å². The SMILES string of the molecule is CC(Cl)c1nc2cc(Cl)ccc2n1CC1CSCCS1. The molecule has 3 rings (SSSR count). The first-order chi connectivity index (χ1) is 9.65. The number of fused-ring (bicyclic) bond motifs is 1. The van der Waals surface area contributed by atoms with Gasteiger partial charge >= 0.3 is 0 Å². The summed E-state index contributed by atoms with van der Waals surface area (Å²) in [5.41, 5.74) is 2.07. The van der Waals surface area contributed by atoms with Gasteiger partial charge in [-0.3, -0.25) is 0 Å². The van der Waals surface area contributed by atoms with Gasteiger partial charge in [-0.15, -0.1) is 11.6 Å². The molecule has 0 saturated carbocycles. The van der Waals surface area contributed by atoms with E-state index in [1.807, 2.05) is 36.9 Å². The molecule has 1 aromatic heterocycles. The lowest BCUT2D eigenvalue weighted by Gasteiger charge is -2.23. The molecule has 2 unspecified atom stereocenters. The number of hydrogen-bond donors (Lipinski definition) is 0. The zero-order valence-electron chi connectivity index (χ0n) is 11.2. The standard InChI is InChI=1S/C14H16Cl2N2S2/c1-9(15)14-17-12-6-10(16)2-3-13(12)18(14)7-11-8-19-4-5-20-11/h2-3,6,9,11H,4-5,7-8H2,1H3. The highest BCUT2D eigenvalue weighted by Gasteiger charge is 2.20. The van der Waals surface area contributed by atoms with Crippen LogP contribution in [0, 0.1) is 0 Å². The van der Waals surface area contributed by atoms with Crippen LogP contribution in [0.1, 0.15) is 18.1 Å². The van der Waals surface area contributed by atoms with Crippen LogP contribution < -0.4 is 0 Å². The zero-order chi connectivity index (χ0) is 14.1. The first-order valence-corrected chi connectivity index (χ1v) is 9.66. The number of nitrogens with zero attached hydrogens (tertiary/aromatic N) is 2. The molecule has 1 saturated heterocycles. The second-order valence-corrected chi connectivity index (χ2v) is 8.55. The summed E-state index contributed by atoms with van der Waals surface area (Å²) in [4.78, 5) is 4.67. The highest BCUT2D eigenvalue weighted by molar-refractivity contribution is 8.06. The summed E-state index contributed by atoms with van der Waals surface area (Å²) in [6, 6.07) is 5.89. The molecule has 1 aliphatic rings. The van der Waals surface area contributed by atoms with Gasteiger partial charge in [0.25, 0.3) is 0 Å². The molecule has 2 aromatic rings. The molecule has 108 valence electrons. The minimum atomic E-state index is -0.0950. The second-order valence-electron chi connectivity index (χ2n) is 4.90. The van der Waals surface area contributed by atoms with Crippen molar-refractivity contribution in [2.75, 3.05) is 17.3 Å². The Balaban J connectivity index is 1.99. The molecule has 1 fully saturated rings. The van der Waals surface area contributed by atoms with E-state index in [1.54, 1.807) is 0 Å². The van der Waals surface area contributed by atoms with Gasteiger partial charge in [0.15, 0.2) is 0 Å². The number of hydrogen-bond acceptors (Lipinski definition) is 3. The highest BCUT2D eigenvalue weighted by atomic mass is 35.5. The van der Waals surface area contributed by atoms with Crippen LogP contribution in [0.5, 0.6) is 0 Å². The van der Waals surface area contributed by atoms with Gasteiger partial charge in [0.1, 0.15) is 5.82 Å². The summed E-state index contributed by atoms with van der Waals surface area (Å²) in [6.45, 7) is 2.95. The largest absolute Gasteiger partial charge is 0.326 e. The smallest absolute Gasteiger partial charge is 0.127 e. The molecular weight excluding hydrogens is 331 g/mol.